The Morgan fingerprint density at radius 1 is 0.971 bits per heavy atom. The number of hydrogen-bond acceptors (Lipinski definition) is 7. The van der Waals surface area contributed by atoms with Gasteiger partial charge in [0, 0.05) is 22.9 Å². The van der Waals surface area contributed by atoms with Crippen LogP contribution in [0.5, 0.6) is 11.5 Å². The third-order valence-electron chi connectivity index (χ3n) is 5.54. The fourth-order valence-electron chi connectivity index (χ4n) is 3.83. The summed E-state index contributed by atoms with van der Waals surface area (Å²) in [6.45, 7) is 2.03. The molecule has 1 heterocycles. The summed E-state index contributed by atoms with van der Waals surface area (Å²) in [5, 5.41) is 4.57. The van der Waals surface area contributed by atoms with E-state index in [4.69, 9.17) is 14.2 Å². The van der Waals surface area contributed by atoms with E-state index in [2.05, 4.69) is 4.98 Å². The van der Waals surface area contributed by atoms with E-state index in [-0.39, 0.29) is 18.9 Å². The van der Waals surface area contributed by atoms with Crippen LogP contribution in [0.1, 0.15) is 12.6 Å². The fourth-order valence-corrected chi connectivity index (χ4v) is 4.65. The molecule has 0 saturated heterocycles. The molecule has 0 spiro atoms. The minimum Gasteiger partial charge on any atom is -0.493 e. The molecule has 1 amide bonds. The van der Waals surface area contributed by atoms with Crippen molar-refractivity contribution < 1.29 is 23.8 Å². The summed E-state index contributed by atoms with van der Waals surface area (Å²) in [5.41, 5.74) is 2.24. The molecule has 35 heavy (non-hydrogen) atoms. The third kappa shape index (κ3) is 5.44. The summed E-state index contributed by atoms with van der Waals surface area (Å²) < 4.78 is 15.9. The fraction of sp³-hybridized carbons (Fsp3) is 0.222. The van der Waals surface area contributed by atoms with E-state index >= 15 is 0 Å². The van der Waals surface area contributed by atoms with E-state index in [0.717, 1.165) is 27.0 Å². The maximum absolute atomic E-state index is 12.9. The molecule has 3 aromatic carbocycles. The molecule has 0 unspecified atom stereocenters. The average molecular weight is 491 g/mol. The minimum absolute atomic E-state index is 0.0164. The highest BCUT2D eigenvalue weighted by atomic mass is 32.1. The van der Waals surface area contributed by atoms with Gasteiger partial charge < -0.3 is 19.1 Å². The second-order valence-corrected chi connectivity index (χ2v) is 8.55. The van der Waals surface area contributed by atoms with Crippen LogP contribution in [0.4, 0.5) is 5.69 Å². The lowest BCUT2D eigenvalue weighted by Gasteiger charge is -2.22. The van der Waals surface area contributed by atoms with E-state index in [1.165, 1.54) is 11.3 Å². The lowest BCUT2D eigenvalue weighted by Crippen LogP contribution is -2.34. The number of carbonyl (C=O) groups is 2. The van der Waals surface area contributed by atoms with Gasteiger partial charge in [0.2, 0.25) is 0 Å². The molecule has 1 aromatic heterocycles. The molecule has 4 aromatic rings. The number of ether oxygens (including phenoxy) is 3. The lowest BCUT2D eigenvalue weighted by molar-refractivity contribution is -0.147. The van der Waals surface area contributed by atoms with Gasteiger partial charge in [0.05, 0.1) is 32.0 Å². The largest absolute Gasteiger partial charge is 0.493 e. The third-order valence-corrected chi connectivity index (χ3v) is 6.48. The van der Waals surface area contributed by atoms with Crippen molar-refractivity contribution in [3.63, 3.8) is 0 Å². The molecule has 8 heteroatoms. The highest BCUT2D eigenvalue weighted by Crippen LogP contribution is 2.33. The Bertz CT molecular complexity index is 1350. The van der Waals surface area contributed by atoms with E-state index in [1.54, 1.807) is 19.1 Å². The number of aromatic nitrogens is 1. The van der Waals surface area contributed by atoms with E-state index in [0.29, 0.717) is 23.7 Å². The summed E-state index contributed by atoms with van der Waals surface area (Å²) in [5.74, 6) is 0.454. The first-order chi connectivity index (χ1) is 17.0. The second kappa shape index (κ2) is 11.0. The molecule has 0 aliphatic rings. The predicted octanol–water partition coefficient (Wildman–Crippen LogP) is 5.12. The molecule has 0 fully saturated rings. The number of amides is 1. The minimum atomic E-state index is -0.503. The zero-order chi connectivity index (χ0) is 24.8. The molecular formula is C27H26N2O5S. The van der Waals surface area contributed by atoms with Crippen LogP contribution in [-0.4, -0.2) is 44.2 Å². The van der Waals surface area contributed by atoms with Gasteiger partial charge in [0.15, 0.2) is 18.1 Å². The number of esters is 1. The van der Waals surface area contributed by atoms with E-state index in [1.807, 2.05) is 73.0 Å². The highest BCUT2D eigenvalue weighted by Gasteiger charge is 2.19. The highest BCUT2D eigenvalue weighted by molar-refractivity contribution is 7.13. The van der Waals surface area contributed by atoms with Crippen molar-refractivity contribution in [3.8, 4) is 22.1 Å². The van der Waals surface area contributed by atoms with Gasteiger partial charge in [-0.15, -0.1) is 11.3 Å². The van der Waals surface area contributed by atoms with Gasteiger partial charge in [0.25, 0.3) is 5.91 Å². The Morgan fingerprint density at radius 3 is 2.51 bits per heavy atom. The van der Waals surface area contributed by atoms with Crippen molar-refractivity contribution in [3.05, 3.63) is 71.7 Å². The van der Waals surface area contributed by atoms with Crippen LogP contribution < -0.4 is 14.4 Å². The quantitative estimate of drug-likeness (QED) is 0.303. The number of thiazole rings is 1. The molecule has 7 nitrogen and oxygen atoms in total. The lowest BCUT2D eigenvalue weighted by atomic mass is 10.1. The monoisotopic (exact) mass is 490 g/mol. The molecule has 0 atom stereocenters. The average Bonchev–Trinajstić information content (AvgIpc) is 3.36. The zero-order valence-corrected chi connectivity index (χ0v) is 20.6. The van der Waals surface area contributed by atoms with Gasteiger partial charge in [-0.25, -0.2) is 4.98 Å². The number of rotatable bonds is 9. The molecule has 0 bridgehead atoms. The molecule has 0 aliphatic carbocycles. The van der Waals surface area contributed by atoms with Crippen LogP contribution in [0.15, 0.2) is 66.0 Å². The van der Waals surface area contributed by atoms with E-state index < -0.39 is 5.97 Å². The van der Waals surface area contributed by atoms with Gasteiger partial charge in [-0.1, -0.05) is 36.4 Å². The summed E-state index contributed by atoms with van der Waals surface area (Å²) >= 11 is 1.42. The van der Waals surface area contributed by atoms with Crippen molar-refractivity contribution in [2.45, 2.75) is 13.3 Å². The SMILES string of the molecule is CCN(C(=O)COC(=O)Cc1csc(-c2ccc(OC)c(OC)c2)n1)c1cccc2ccccc12. The topological polar surface area (TPSA) is 78.0 Å². The molecule has 0 saturated carbocycles. The number of carbonyl (C=O) groups excluding carboxylic acids is 2. The summed E-state index contributed by atoms with van der Waals surface area (Å²) in [7, 11) is 3.16. The van der Waals surface area contributed by atoms with Crippen LogP contribution in [0, 0.1) is 0 Å². The smallest absolute Gasteiger partial charge is 0.312 e. The number of anilines is 1. The number of methoxy groups -OCH3 is 2. The molecule has 0 N–H and O–H groups in total. The molecule has 0 aliphatic heterocycles. The second-order valence-electron chi connectivity index (χ2n) is 7.69. The van der Waals surface area contributed by atoms with Crippen molar-refractivity contribution in [2.75, 3.05) is 32.3 Å². The first-order valence-corrected chi connectivity index (χ1v) is 12.0. The van der Waals surface area contributed by atoms with Crippen LogP contribution in [0.25, 0.3) is 21.3 Å². The van der Waals surface area contributed by atoms with Gasteiger partial charge in [-0.2, -0.15) is 0 Å². The summed E-state index contributed by atoms with van der Waals surface area (Å²) in [6, 6.07) is 19.2. The number of likely N-dealkylation sites (N-methyl/N-ethyl adjacent to an activating group) is 1. The predicted molar refractivity (Wildman–Crippen MR) is 137 cm³/mol. The first-order valence-electron chi connectivity index (χ1n) is 11.1. The van der Waals surface area contributed by atoms with Gasteiger partial charge in [0.1, 0.15) is 5.01 Å². The molecular weight excluding hydrogens is 464 g/mol. The molecule has 0 radical (unpaired) electrons. The van der Waals surface area contributed by atoms with Crippen LogP contribution in [0.2, 0.25) is 0 Å². The van der Waals surface area contributed by atoms with Gasteiger partial charge in [-0.3, -0.25) is 9.59 Å². The Morgan fingerprint density at radius 2 is 1.74 bits per heavy atom. The number of benzene rings is 3. The Balaban J connectivity index is 1.39. The number of hydrogen-bond donors (Lipinski definition) is 0. The van der Waals surface area contributed by atoms with Crippen molar-refractivity contribution >= 4 is 39.7 Å². The van der Waals surface area contributed by atoms with Crippen LogP contribution in [-0.2, 0) is 20.7 Å². The summed E-state index contributed by atoms with van der Waals surface area (Å²) in [4.78, 5) is 31.5. The maximum Gasteiger partial charge on any atom is 0.312 e. The maximum atomic E-state index is 12.9. The first kappa shape index (κ1) is 24.2. The van der Waals surface area contributed by atoms with Gasteiger partial charge in [-0.05, 0) is 36.6 Å². The van der Waals surface area contributed by atoms with Gasteiger partial charge >= 0.3 is 5.97 Å². The van der Waals surface area contributed by atoms with Crippen LogP contribution >= 0.6 is 11.3 Å². The van der Waals surface area contributed by atoms with Crippen molar-refractivity contribution in [2.24, 2.45) is 0 Å². The van der Waals surface area contributed by atoms with E-state index in [9.17, 15) is 9.59 Å². The van der Waals surface area contributed by atoms with Crippen LogP contribution in [0.3, 0.4) is 0 Å². The van der Waals surface area contributed by atoms with Crippen molar-refractivity contribution in [1.29, 1.82) is 0 Å². The normalized spacial score (nSPS) is 10.7. The Labute approximate surface area is 207 Å². The zero-order valence-electron chi connectivity index (χ0n) is 19.8. The molecule has 4 rings (SSSR count). The Hall–Kier alpha value is -3.91. The Kier molecular flexibility index (Phi) is 7.62. The van der Waals surface area contributed by atoms with Crippen molar-refractivity contribution in [1.82, 2.24) is 4.98 Å². The number of nitrogens with zero attached hydrogens (tertiary/aromatic N) is 2. The number of fused-ring (bicyclic) bond motifs is 1. The summed E-state index contributed by atoms with van der Waals surface area (Å²) in [6.07, 6.45) is -0.0164. The molecule has 180 valence electrons. The standard InChI is InChI=1S/C27H26N2O5S/c1-4-29(22-11-7-9-18-8-5-6-10-21(18)22)25(30)16-34-26(31)15-20-17-35-27(28-20)19-12-13-23(32-2)24(14-19)33-3/h5-14,17H,4,15-16H2,1-3H3.